The molecule has 6 fully saturated rings. The molecule has 6 aliphatic rings. The van der Waals surface area contributed by atoms with Crippen LogP contribution in [0.5, 0.6) is 0 Å². The summed E-state index contributed by atoms with van der Waals surface area (Å²) in [5.74, 6) is 7.50. The van der Waals surface area contributed by atoms with E-state index in [1.54, 1.807) is 75.4 Å². The average Bonchev–Trinajstić information content (AvgIpc) is 3.97. The molecule has 2 nitrogen and oxygen atoms in total. The fourth-order valence-electron chi connectivity index (χ4n) is 12.0. The SMILES string of the molecule is CCC1C2CC3CC(C2)CC1C3.CCC1CCCC1.CCC1CCCCC1.Cc1cc(C)cc(C)c1.Cc1ccc(C#N)cc1.Cc1ccc(F)cc1.Cc1cccc(C#N)c1.Cc1cccc(F)c1.Cc1ccccc1F. The van der Waals surface area contributed by atoms with E-state index in [1.165, 1.54) is 130 Å². The van der Waals surface area contributed by atoms with Gasteiger partial charge in [0.25, 0.3) is 0 Å². The molecule has 0 radical (unpaired) electrons. The summed E-state index contributed by atoms with van der Waals surface area (Å²) in [6, 6.07) is 45.3. The Morgan fingerprint density at radius 1 is 0.385 bits per heavy atom. The molecule has 0 aliphatic heterocycles. The van der Waals surface area contributed by atoms with Crippen molar-refractivity contribution in [1.82, 2.24) is 0 Å². The quantitative estimate of drug-likeness (QED) is 0.177. The van der Waals surface area contributed by atoms with Gasteiger partial charge in [-0.1, -0.05) is 211 Å². The second kappa shape index (κ2) is 37.8. The van der Waals surface area contributed by atoms with Crippen LogP contribution in [0.2, 0.25) is 0 Å². The van der Waals surface area contributed by atoms with Crippen molar-refractivity contribution in [3.05, 3.63) is 213 Å². The molecule has 0 amide bonds. The van der Waals surface area contributed by atoms with Crippen molar-refractivity contribution in [2.24, 2.45) is 41.4 Å². The minimum absolute atomic E-state index is 0.132. The largest absolute Gasteiger partial charge is 0.207 e. The first-order valence-corrected chi connectivity index (χ1v) is 29.6. The van der Waals surface area contributed by atoms with E-state index in [2.05, 4.69) is 71.9 Å². The number of hydrogen-bond donors (Lipinski definition) is 0. The molecule has 0 atom stereocenters. The normalized spacial score (nSPS) is 19.1. The second-order valence-corrected chi connectivity index (χ2v) is 22.9. The van der Waals surface area contributed by atoms with Gasteiger partial charge in [-0.15, -0.1) is 0 Å². The fourth-order valence-corrected chi connectivity index (χ4v) is 12.0. The lowest BCUT2D eigenvalue weighted by molar-refractivity contribution is -0.0376. The van der Waals surface area contributed by atoms with Gasteiger partial charge in [-0.25, -0.2) is 13.2 Å². The van der Waals surface area contributed by atoms with Crippen LogP contribution < -0.4 is 0 Å². The van der Waals surface area contributed by atoms with E-state index >= 15 is 0 Å². The number of benzene rings is 6. The van der Waals surface area contributed by atoms with Crippen LogP contribution in [0.4, 0.5) is 13.2 Å². The number of nitrogens with zero attached hydrogens (tertiary/aromatic N) is 2. The van der Waals surface area contributed by atoms with Crippen LogP contribution in [0.25, 0.3) is 0 Å². The molecule has 6 saturated carbocycles. The Morgan fingerprint density at radius 3 is 1.15 bits per heavy atom. The maximum Gasteiger partial charge on any atom is 0.126 e. The molecule has 0 spiro atoms. The molecule has 0 aromatic heterocycles. The van der Waals surface area contributed by atoms with Crippen molar-refractivity contribution in [3.8, 4) is 12.1 Å². The Labute approximate surface area is 473 Å². The lowest BCUT2D eigenvalue weighted by Crippen LogP contribution is -2.44. The molecule has 5 heteroatoms. The van der Waals surface area contributed by atoms with Crippen LogP contribution in [0.15, 0.2) is 140 Å². The fraction of sp³-hybridized carbons (Fsp3) is 0.479. The number of nitriles is 2. The summed E-state index contributed by atoms with van der Waals surface area (Å²) < 4.78 is 36.6. The molecule has 78 heavy (non-hydrogen) atoms. The van der Waals surface area contributed by atoms with Gasteiger partial charge in [0.1, 0.15) is 17.5 Å². The van der Waals surface area contributed by atoms with Crippen LogP contribution in [0.1, 0.15) is 186 Å². The Hall–Kier alpha value is -5.91. The third kappa shape index (κ3) is 27.6. The molecular weight excluding hydrogens is 962 g/mol. The van der Waals surface area contributed by atoms with E-state index in [0.29, 0.717) is 5.56 Å². The summed E-state index contributed by atoms with van der Waals surface area (Å²) in [4.78, 5) is 0. The van der Waals surface area contributed by atoms with Crippen LogP contribution >= 0.6 is 0 Å². The highest BCUT2D eigenvalue weighted by Crippen LogP contribution is 2.57. The average molecular weight is 1060 g/mol. The second-order valence-electron chi connectivity index (χ2n) is 22.9. The minimum Gasteiger partial charge on any atom is -0.207 e. The molecule has 0 N–H and O–H groups in total. The summed E-state index contributed by atoms with van der Waals surface area (Å²) in [5.41, 5.74) is 10.6. The zero-order valence-corrected chi connectivity index (χ0v) is 49.9. The summed E-state index contributed by atoms with van der Waals surface area (Å²) in [5, 5.41) is 16.8. The van der Waals surface area contributed by atoms with Crippen molar-refractivity contribution < 1.29 is 13.2 Å². The molecule has 0 saturated heterocycles. The van der Waals surface area contributed by atoms with Gasteiger partial charge >= 0.3 is 0 Å². The molecule has 6 aromatic rings. The van der Waals surface area contributed by atoms with Gasteiger partial charge in [0.15, 0.2) is 0 Å². The summed E-state index contributed by atoms with van der Waals surface area (Å²) in [6.45, 7) is 22.9. The summed E-state index contributed by atoms with van der Waals surface area (Å²) in [6.07, 6.45) is 25.8. The van der Waals surface area contributed by atoms with Gasteiger partial charge in [0.2, 0.25) is 0 Å². The number of aryl methyl sites for hydroxylation is 8. The number of hydrogen-bond acceptors (Lipinski definition) is 2. The Bertz CT molecular complexity index is 2490. The smallest absolute Gasteiger partial charge is 0.126 e. The first-order chi connectivity index (χ1) is 37.4. The topological polar surface area (TPSA) is 47.6 Å². The Morgan fingerprint density at radius 2 is 0.821 bits per heavy atom. The van der Waals surface area contributed by atoms with Crippen molar-refractivity contribution in [3.63, 3.8) is 0 Å². The zero-order valence-electron chi connectivity index (χ0n) is 49.9. The van der Waals surface area contributed by atoms with Gasteiger partial charge in [0, 0.05) is 0 Å². The van der Waals surface area contributed by atoms with Crippen molar-refractivity contribution in [2.75, 3.05) is 0 Å². The number of rotatable bonds is 3. The Balaban J connectivity index is 0.000000232. The third-order valence-corrected chi connectivity index (χ3v) is 16.0. The highest BCUT2D eigenvalue weighted by atomic mass is 19.1. The molecular formula is C73H97F3N2. The highest BCUT2D eigenvalue weighted by Gasteiger charge is 2.47. The van der Waals surface area contributed by atoms with Crippen molar-refractivity contribution in [2.45, 2.75) is 185 Å². The zero-order chi connectivity index (χ0) is 57.2. The van der Waals surface area contributed by atoms with E-state index in [-0.39, 0.29) is 17.5 Å². The van der Waals surface area contributed by atoms with E-state index in [4.69, 9.17) is 10.5 Å². The maximum absolute atomic E-state index is 12.3. The van der Waals surface area contributed by atoms with Gasteiger partial charge in [-0.2, -0.15) is 10.5 Å². The van der Waals surface area contributed by atoms with E-state index in [0.717, 1.165) is 69.2 Å². The van der Waals surface area contributed by atoms with Crippen LogP contribution in [-0.4, -0.2) is 0 Å². The summed E-state index contributed by atoms with van der Waals surface area (Å²) >= 11 is 0. The van der Waals surface area contributed by atoms with Crippen LogP contribution in [-0.2, 0) is 0 Å². The first kappa shape index (κ1) is 66.4. The van der Waals surface area contributed by atoms with Gasteiger partial charge in [0.05, 0.1) is 23.3 Å². The van der Waals surface area contributed by atoms with Gasteiger partial charge in [-0.3, -0.25) is 0 Å². The van der Waals surface area contributed by atoms with Crippen LogP contribution in [0.3, 0.4) is 0 Å². The lowest BCUT2D eigenvalue weighted by atomic mass is 9.51. The maximum atomic E-state index is 12.3. The molecule has 12 rings (SSSR count). The standard InChI is InChI=1S/C12H20.C9H12.2C8H7N.C8H16.3C7H7F.C7H14/c1-2-12-10-4-8-3-9(6-10)7-11(12)5-8;1-7-4-8(2)6-9(3)5-7;1-7-2-4-8(6-9)5-3-7;1-7-3-2-4-8(5-7)6-9;1-2-8-6-4-3-5-7-8;1-6-2-4-7(8)5-3-6;1-6-3-2-4-7(8)5-6;1-6-4-2-3-5-7(6)8;1-2-7-5-3-4-6-7/h8-12H,2-7H2,1H3;4-6H,1-3H3;2*2-5H,1H3;8H,2-7H2,1H3;3*2-5H,1H3;7H,2-6H2,1H3. The number of halogens is 3. The van der Waals surface area contributed by atoms with Crippen molar-refractivity contribution >= 4 is 0 Å². The lowest BCUT2D eigenvalue weighted by Gasteiger charge is -2.54. The monoisotopic (exact) mass is 1060 g/mol. The molecule has 4 bridgehead atoms. The minimum atomic E-state index is -0.171. The predicted octanol–water partition coefficient (Wildman–Crippen LogP) is 21.8. The van der Waals surface area contributed by atoms with Gasteiger partial charge < -0.3 is 0 Å². The van der Waals surface area contributed by atoms with Gasteiger partial charge in [-0.05, 0) is 200 Å². The summed E-state index contributed by atoms with van der Waals surface area (Å²) in [7, 11) is 0. The Kier molecular flexibility index (Phi) is 32.2. The third-order valence-electron chi connectivity index (χ3n) is 16.0. The molecule has 420 valence electrons. The predicted molar refractivity (Wildman–Crippen MR) is 326 cm³/mol. The molecule has 6 aromatic carbocycles. The molecule has 6 aliphatic carbocycles. The van der Waals surface area contributed by atoms with E-state index in [1.807, 2.05) is 82.3 Å². The van der Waals surface area contributed by atoms with Crippen molar-refractivity contribution in [1.29, 1.82) is 10.5 Å². The molecule has 0 heterocycles. The first-order valence-electron chi connectivity index (χ1n) is 29.6. The van der Waals surface area contributed by atoms with E-state index in [9.17, 15) is 13.2 Å². The van der Waals surface area contributed by atoms with E-state index < -0.39 is 0 Å². The highest BCUT2D eigenvalue weighted by molar-refractivity contribution is 5.32. The van der Waals surface area contributed by atoms with Crippen LogP contribution in [0, 0.1) is 137 Å². The molecule has 0 unspecified atom stereocenters.